The minimum atomic E-state index is -2.17. The van der Waals surface area contributed by atoms with E-state index in [0.29, 0.717) is 5.92 Å². The van der Waals surface area contributed by atoms with Gasteiger partial charge >= 0.3 is 27.1 Å². The van der Waals surface area contributed by atoms with Gasteiger partial charge in [-0.2, -0.15) is 0 Å². The summed E-state index contributed by atoms with van der Waals surface area (Å²) in [5, 5.41) is 0. The van der Waals surface area contributed by atoms with Gasteiger partial charge in [0.1, 0.15) is 0 Å². The van der Waals surface area contributed by atoms with Crippen LogP contribution in [0.3, 0.4) is 0 Å². The van der Waals surface area contributed by atoms with Crippen molar-refractivity contribution in [2.75, 3.05) is 0 Å². The lowest BCUT2D eigenvalue weighted by Crippen LogP contribution is -2.58. The van der Waals surface area contributed by atoms with Crippen LogP contribution in [0.2, 0.25) is 26.2 Å². The van der Waals surface area contributed by atoms with Crippen molar-refractivity contribution in [1.82, 2.24) is 0 Å². The molecule has 1 rings (SSSR count). The highest BCUT2D eigenvalue weighted by molar-refractivity contribution is 6.73. The average molecular weight is 293 g/mol. The van der Waals surface area contributed by atoms with Crippen LogP contribution in [-0.4, -0.2) is 32.9 Å². The first-order valence-corrected chi connectivity index (χ1v) is 12.6. The molecule has 1 unspecified atom stereocenters. The molecule has 0 spiro atoms. The molecule has 0 bridgehead atoms. The third-order valence-electron chi connectivity index (χ3n) is 2.98. The molecule has 100 valence electrons. The normalized spacial score (nSPS) is 29.1. The Morgan fingerprint density at radius 2 is 1.47 bits per heavy atom. The average Bonchev–Trinajstić information content (AvgIpc) is 2.11. The Morgan fingerprint density at radius 3 is 1.82 bits per heavy atom. The molecule has 1 atom stereocenters. The summed E-state index contributed by atoms with van der Waals surface area (Å²) >= 11 is 0. The van der Waals surface area contributed by atoms with Gasteiger partial charge in [-0.1, -0.05) is 13.8 Å². The van der Waals surface area contributed by atoms with E-state index in [1.807, 2.05) is 33.1 Å². The molecule has 0 aromatic carbocycles. The molecule has 4 nitrogen and oxygen atoms in total. The molecule has 17 heavy (non-hydrogen) atoms. The number of rotatable bonds is 2. The molecule has 1 aliphatic heterocycles. The van der Waals surface area contributed by atoms with Crippen LogP contribution >= 0.6 is 0 Å². The molecule has 0 aromatic heterocycles. The maximum absolute atomic E-state index is 6.21. The third-order valence-corrected chi connectivity index (χ3v) is 9.37. The van der Waals surface area contributed by atoms with Gasteiger partial charge in [0.25, 0.3) is 0 Å². The second kappa shape index (κ2) is 5.24. The Morgan fingerprint density at radius 1 is 1.06 bits per heavy atom. The molecule has 0 saturated carbocycles. The number of hydrogen-bond donors (Lipinski definition) is 0. The van der Waals surface area contributed by atoms with Crippen LogP contribution < -0.4 is 0 Å². The molecule has 1 aliphatic rings. The molecule has 1 heterocycles. The molecule has 1 saturated heterocycles. The summed E-state index contributed by atoms with van der Waals surface area (Å²) < 4.78 is 24.0. The molecule has 0 N–H and O–H groups in total. The van der Waals surface area contributed by atoms with Crippen molar-refractivity contribution in [1.29, 1.82) is 0 Å². The van der Waals surface area contributed by atoms with Crippen molar-refractivity contribution in [2.24, 2.45) is 5.92 Å². The van der Waals surface area contributed by atoms with E-state index >= 15 is 0 Å². The topological polar surface area (TPSA) is 36.9 Å². The van der Waals surface area contributed by atoms with Crippen LogP contribution in [0, 0.1) is 5.92 Å². The highest BCUT2D eigenvalue weighted by Gasteiger charge is 2.47. The Bertz CT molecular complexity index is 252. The monoisotopic (exact) mass is 292 g/mol. The highest BCUT2D eigenvalue weighted by Crippen LogP contribution is 2.34. The van der Waals surface area contributed by atoms with Crippen molar-refractivity contribution < 1.29 is 17.1 Å². The summed E-state index contributed by atoms with van der Waals surface area (Å²) in [6.45, 7) is 14.5. The zero-order chi connectivity index (χ0) is 13.3. The maximum atomic E-state index is 6.21. The first-order valence-electron chi connectivity index (χ1n) is 6.11. The summed E-state index contributed by atoms with van der Waals surface area (Å²) in [4.78, 5) is 0. The minimum absolute atomic E-state index is 0.0368. The van der Waals surface area contributed by atoms with Gasteiger partial charge in [0.15, 0.2) is 5.79 Å². The fourth-order valence-electron chi connectivity index (χ4n) is 1.83. The van der Waals surface area contributed by atoms with Crippen LogP contribution in [0.4, 0.5) is 0 Å². The van der Waals surface area contributed by atoms with E-state index in [-0.39, 0.29) is 10.0 Å². The zero-order valence-electron chi connectivity index (χ0n) is 11.9. The Labute approximate surface area is 110 Å². The molecule has 7 heteroatoms. The SMILES string of the molecule is CCC(C)C1(C)O[Si](C)(C)O[Si]O[Si](C)(C)O1. The first kappa shape index (κ1) is 15.5. The van der Waals surface area contributed by atoms with E-state index < -0.39 is 22.9 Å². The Hall–Kier alpha value is 0.491. The third kappa shape index (κ3) is 4.27. The molecule has 2 radical (unpaired) electrons. The van der Waals surface area contributed by atoms with Crippen molar-refractivity contribution >= 4 is 27.1 Å². The summed E-state index contributed by atoms with van der Waals surface area (Å²) in [7, 11) is -4.29. The standard InChI is InChI=1S/C10H24O4Si3/c1-8-9(2)10(3)11-16(4,5)13-15-14-17(6,7)12-10/h9H,8H2,1-7H3. The van der Waals surface area contributed by atoms with Crippen LogP contribution in [0.5, 0.6) is 0 Å². The second-order valence-corrected chi connectivity index (χ2v) is 13.4. The molecule has 0 aliphatic carbocycles. The van der Waals surface area contributed by atoms with Gasteiger partial charge in [-0.3, -0.25) is 0 Å². The minimum Gasteiger partial charge on any atom is -0.414 e. The number of hydrogen-bond acceptors (Lipinski definition) is 4. The van der Waals surface area contributed by atoms with Gasteiger partial charge in [-0.25, -0.2) is 0 Å². The van der Waals surface area contributed by atoms with E-state index in [1.54, 1.807) is 0 Å². The Kier molecular flexibility index (Phi) is 4.79. The zero-order valence-corrected chi connectivity index (χ0v) is 14.9. The molecule has 1 fully saturated rings. The predicted molar refractivity (Wildman–Crippen MR) is 72.9 cm³/mol. The van der Waals surface area contributed by atoms with Crippen molar-refractivity contribution in [3.63, 3.8) is 0 Å². The van der Waals surface area contributed by atoms with Gasteiger partial charge in [0, 0.05) is 5.92 Å². The van der Waals surface area contributed by atoms with Crippen LogP contribution in [-0.2, 0) is 17.1 Å². The van der Waals surface area contributed by atoms with Gasteiger partial charge in [-0.05, 0) is 39.5 Å². The fraction of sp³-hybridized carbons (Fsp3) is 1.00. The van der Waals surface area contributed by atoms with E-state index in [1.165, 1.54) is 0 Å². The van der Waals surface area contributed by atoms with Crippen molar-refractivity contribution in [2.45, 2.75) is 59.2 Å². The quantitative estimate of drug-likeness (QED) is 0.733. The molecular formula is C10H24O4Si3. The Balaban J connectivity index is 2.95. The second-order valence-electron chi connectivity index (χ2n) is 5.62. The highest BCUT2D eigenvalue weighted by atomic mass is 28.4. The largest absolute Gasteiger partial charge is 0.414 e. The molecule has 0 amide bonds. The lowest BCUT2D eigenvalue weighted by molar-refractivity contribution is -0.169. The van der Waals surface area contributed by atoms with Gasteiger partial charge in [0.05, 0.1) is 0 Å². The van der Waals surface area contributed by atoms with Crippen LogP contribution in [0.15, 0.2) is 0 Å². The van der Waals surface area contributed by atoms with Gasteiger partial charge in [-0.15, -0.1) is 0 Å². The van der Waals surface area contributed by atoms with Crippen LogP contribution in [0.25, 0.3) is 0 Å². The predicted octanol–water partition coefficient (Wildman–Crippen LogP) is 2.77. The van der Waals surface area contributed by atoms with Gasteiger partial charge in [0.2, 0.25) is 0 Å². The lowest BCUT2D eigenvalue weighted by atomic mass is 10.0. The summed E-state index contributed by atoms with van der Waals surface area (Å²) in [6, 6.07) is 0. The van der Waals surface area contributed by atoms with E-state index in [2.05, 4.69) is 13.8 Å². The van der Waals surface area contributed by atoms with Crippen molar-refractivity contribution in [3.8, 4) is 0 Å². The fourth-order valence-corrected chi connectivity index (χ4v) is 6.83. The van der Waals surface area contributed by atoms with Crippen molar-refractivity contribution in [3.05, 3.63) is 0 Å². The van der Waals surface area contributed by atoms with E-state index in [4.69, 9.17) is 17.1 Å². The lowest BCUT2D eigenvalue weighted by Gasteiger charge is -2.46. The first-order chi connectivity index (χ1) is 7.60. The summed E-state index contributed by atoms with van der Waals surface area (Å²) in [6.07, 6.45) is 1.01. The van der Waals surface area contributed by atoms with Crippen LogP contribution in [0.1, 0.15) is 27.2 Å². The van der Waals surface area contributed by atoms with E-state index in [9.17, 15) is 0 Å². The molecular weight excluding hydrogens is 268 g/mol. The van der Waals surface area contributed by atoms with E-state index in [0.717, 1.165) is 6.42 Å². The maximum Gasteiger partial charge on any atom is 0.413 e. The molecule has 0 aromatic rings. The summed E-state index contributed by atoms with van der Waals surface area (Å²) in [5.41, 5.74) is 0. The van der Waals surface area contributed by atoms with Gasteiger partial charge < -0.3 is 17.1 Å². The smallest absolute Gasteiger partial charge is 0.413 e. The summed E-state index contributed by atoms with van der Waals surface area (Å²) in [5.74, 6) is -0.278.